The van der Waals surface area contributed by atoms with Gasteiger partial charge in [0, 0.05) is 51.1 Å². The van der Waals surface area contributed by atoms with E-state index >= 15 is 0 Å². The molecule has 1 amide bonds. The molecule has 2 heterocycles. The summed E-state index contributed by atoms with van der Waals surface area (Å²) in [6, 6.07) is 7.97. The molecule has 2 aromatic rings. The second-order valence-corrected chi connectivity index (χ2v) is 7.36. The molecule has 7 nitrogen and oxygen atoms in total. The number of carbonyl (C=O) groups excluding carboxylic acids is 1. The summed E-state index contributed by atoms with van der Waals surface area (Å²) in [6.07, 6.45) is 1.81. The number of nitrogens with one attached hydrogen (secondary N) is 1. The number of carbonyl (C=O) groups is 1. The number of amides is 1. The summed E-state index contributed by atoms with van der Waals surface area (Å²) in [5.74, 6) is 1.10. The van der Waals surface area contributed by atoms with E-state index < -0.39 is 0 Å². The molecule has 1 aliphatic rings. The molecule has 1 saturated heterocycles. The molecule has 28 heavy (non-hydrogen) atoms. The topological polar surface area (TPSA) is 74.5 Å². The predicted octanol–water partition coefficient (Wildman–Crippen LogP) is 2.12. The van der Waals surface area contributed by atoms with Crippen LogP contribution in [0, 0.1) is 6.92 Å². The molecule has 0 aliphatic carbocycles. The van der Waals surface area contributed by atoms with Gasteiger partial charge in [0.15, 0.2) is 0 Å². The highest BCUT2D eigenvalue weighted by atomic mass is 16.5. The molecule has 3 rings (SSSR count). The lowest BCUT2D eigenvalue weighted by molar-refractivity contribution is -0.121. The molecule has 1 aromatic heterocycles. The van der Waals surface area contributed by atoms with Crippen LogP contribution in [0.15, 0.2) is 28.8 Å². The highest BCUT2D eigenvalue weighted by molar-refractivity contribution is 5.75. The summed E-state index contributed by atoms with van der Waals surface area (Å²) in [5.41, 5.74) is 2.11. The highest BCUT2D eigenvalue weighted by Gasteiger charge is 2.15. The largest absolute Gasteiger partial charge is 0.356 e. The standard InChI is InChI=1S/C21H31N5O2/c1-3-25-13-15-26(16-14-25)12-4-11-22-19(27)9-10-20-23-21(24-28-20)18-7-5-17(2)6-8-18/h5-8H,3-4,9-16H2,1-2H3,(H,22,27). The van der Waals surface area contributed by atoms with Crippen LogP contribution in [0.1, 0.15) is 31.2 Å². The Balaban J connectivity index is 1.31. The molecular weight excluding hydrogens is 354 g/mol. The van der Waals surface area contributed by atoms with Crippen LogP contribution < -0.4 is 5.32 Å². The molecule has 0 spiro atoms. The molecule has 7 heteroatoms. The monoisotopic (exact) mass is 385 g/mol. The molecule has 0 unspecified atom stereocenters. The Morgan fingerprint density at radius 2 is 1.86 bits per heavy atom. The fourth-order valence-electron chi connectivity index (χ4n) is 3.34. The maximum atomic E-state index is 12.0. The van der Waals surface area contributed by atoms with Crippen molar-refractivity contribution in [2.75, 3.05) is 45.8 Å². The van der Waals surface area contributed by atoms with Crippen LogP contribution in [0.25, 0.3) is 11.4 Å². The first-order valence-electron chi connectivity index (χ1n) is 10.2. The average Bonchev–Trinajstić information content (AvgIpc) is 3.20. The third-order valence-electron chi connectivity index (χ3n) is 5.23. The third-order valence-corrected chi connectivity index (χ3v) is 5.23. The van der Waals surface area contributed by atoms with E-state index in [1.54, 1.807) is 0 Å². The first kappa shape index (κ1) is 20.5. The van der Waals surface area contributed by atoms with Crippen molar-refractivity contribution in [2.24, 2.45) is 0 Å². The molecule has 1 N–H and O–H groups in total. The van der Waals surface area contributed by atoms with Crippen LogP contribution in [-0.4, -0.2) is 71.7 Å². The molecule has 152 valence electrons. The Labute approximate surface area is 167 Å². The summed E-state index contributed by atoms with van der Waals surface area (Å²) < 4.78 is 5.27. The summed E-state index contributed by atoms with van der Waals surface area (Å²) in [4.78, 5) is 21.4. The normalized spacial score (nSPS) is 15.6. The van der Waals surface area contributed by atoms with Gasteiger partial charge in [-0.15, -0.1) is 0 Å². The van der Waals surface area contributed by atoms with Crippen molar-refractivity contribution in [1.82, 2.24) is 25.3 Å². The Morgan fingerprint density at radius 1 is 1.14 bits per heavy atom. The SMILES string of the molecule is CCN1CCN(CCCNC(=O)CCc2nc(-c3ccc(C)cc3)no2)CC1. The molecule has 1 fully saturated rings. The van der Waals surface area contributed by atoms with Gasteiger partial charge in [-0.2, -0.15) is 4.98 Å². The molecule has 1 aromatic carbocycles. The van der Waals surface area contributed by atoms with Gasteiger partial charge in [-0.3, -0.25) is 4.79 Å². The van der Waals surface area contributed by atoms with Crippen LogP contribution in [0.3, 0.4) is 0 Å². The molecule has 0 bridgehead atoms. The quantitative estimate of drug-likeness (QED) is 0.667. The lowest BCUT2D eigenvalue weighted by Gasteiger charge is -2.33. The fourth-order valence-corrected chi connectivity index (χ4v) is 3.34. The number of aryl methyl sites for hydroxylation is 2. The second kappa shape index (κ2) is 10.3. The number of aromatic nitrogens is 2. The lowest BCUT2D eigenvalue weighted by atomic mass is 10.1. The van der Waals surface area contributed by atoms with Crippen molar-refractivity contribution in [2.45, 2.75) is 33.1 Å². The number of hydrogen-bond donors (Lipinski definition) is 1. The van der Waals surface area contributed by atoms with E-state index in [4.69, 9.17) is 4.52 Å². The summed E-state index contributed by atoms with van der Waals surface area (Å²) in [7, 11) is 0. The number of nitrogens with zero attached hydrogens (tertiary/aromatic N) is 4. The van der Waals surface area contributed by atoms with E-state index in [1.165, 1.54) is 5.56 Å². The molecule has 0 saturated carbocycles. The van der Waals surface area contributed by atoms with Gasteiger partial charge in [0.1, 0.15) is 0 Å². The minimum atomic E-state index is 0.0332. The van der Waals surface area contributed by atoms with Gasteiger partial charge in [0.25, 0.3) is 0 Å². The van der Waals surface area contributed by atoms with Crippen LogP contribution in [0.4, 0.5) is 0 Å². The van der Waals surface area contributed by atoms with Crippen LogP contribution in [0.5, 0.6) is 0 Å². The zero-order chi connectivity index (χ0) is 19.8. The van der Waals surface area contributed by atoms with Crippen molar-refractivity contribution < 1.29 is 9.32 Å². The minimum Gasteiger partial charge on any atom is -0.356 e. The van der Waals surface area contributed by atoms with Gasteiger partial charge in [0.2, 0.25) is 17.6 Å². The van der Waals surface area contributed by atoms with Gasteiger partial charge in [-0.25, -0.2) is 0 Å². The van der Waals surface area contributed by atoms with Crippen molar-refractivity contribution in [3.05, 3.63) is 35.7 Å². The zero-order valence-electron chi connectivity index (χ0n) is 17.0. The van der Waals surface area contributed by atoms with E-state index in [2.05, 4.69) is 32.2 Å². The summed E-state index contributed by atoms with van der Waals surface area (Å²) in [6.45, 7) is 11.7. The predicted molar refractivity (Wildman–Crippen MR) is 109 cm³/mol. The van der Waals surface area contributed by atoms with E-state index in [0.717, 1.165) is 51.3 Å². The van der Waals surface area contributed by atoms with Crippen molar-refractivity contribution >= 4 is 5.91 Å². The first-order chi connectivity index (χ1) is 13.6. The van der Waals surface area contributed by atoms with Gasteiger partial charge in [-0.05, 0) is 26.4 Å². The lowest BCUT2D eigenvalue weighted by Crippen LogP contribution is -2.46. The average molecular weight is 386 g/mol. The van der Waals surface area contributed by atoms with Crippen LogP contribution in [0.2, 0.25) is 0 Å². The Morgan fingerprint density at radius 3 is 2.57 bits per heavy atom. The van der Waals surface area contributed by atoms with Crippen LogP contribution >= 0.6 is 0 Å². The van der Waals surface area contributed by atoms with Gasteiger partial charge < -0.3 is 19.6 Å². The second-order valence-electron chi connectivity index (χ2n) is 7.36. The van der Waals surface area contributed by atoms with E-state index in [9.17, 15) is 4.79 Å². The maximum absolute atomic E-state index is 12.0. The molecule has 0 atom stereocenters. The van der Waals surface area contributed by atoms with E-state index in [0.29, 0.717) is 31.1 Å². The smallest absolute Gasteiger partial charge is 0.227 e. The number of benzene rings is 1. The van der Waals surface area contributed by atoms with Crippen molar-refractivity contribution in [3.63, 3.8) is 0 Å². The first-order valence-corrected chi connectivity index (χ1v) is 10.2. The maximum Gasteiger partial charge on any atom is 0.227 e. The Kier molecular flexibility index (Phi) is 7.56. The minimum absolute atomic E-state index is 0.0332. The third kappa shape index (κ3) is 6.14. The van der Waals surface area contributed by atoms with E-state index in [1.807, 2.05) is 31.2 Å². The Bertz CT molecular complexity index is 736. The number of rotatable bonds is 9. The summed E-state index contributed by atoms with van der Waals surface area (Å²) in [5, 5.41) is 7.00. The van der Waals surface area contributed by atoms with Crippen molar-refractivity contribution in [3.8, 4) is 11.4 Å². The van der Waals surface area contributed by atoms with E-state index in [-0.39, 0.29) is 5.91 Å². The van der Waals surface area contributed by atoms with Gasteiger partial charge >= 0.3 is 0 Å². The fraction of sp³-hybridized carbons (Fsp3) is 0.571. The molecule has 1 aliphatic heterocycles. The van der Waals surface area contributed by atoms with Crippen molar-refractivity contribution in [1.29, 1.82) is 0 Å². The molecule has 0 radical (unpaired) electrons. The number of hydrogen-bond acceptors (Lipinski definition) is 6. The molecular formula is C21H31N5O2. The Hall–Kier alpha value is -2.25. The number of likely N-dealkylation sites (N-methyl/N-ethyl adjacent to an activating group) is 1. The van der Waals surface area contributed by atoms with Gasteiger partial charge in [0.05, 0.1) is 0 Å². The zero-order valence-corrected chi connectivity index (χ0v) is 17.0. The summed E-state index contributed by atoms with van der Waals surface area (Å²) >= 11 is 0. The number of piperazine rings is 1. The van der Waals surface area contributed by atoms with Gasteiger partial charge in [-0.1, -0.05) is 41.9 Å². The van der Waals surface area contributed by atoms with Crippen LogP contribution in [-0.2, 0) is 11.2 Å². The highest BCUT2D eigenvalue weighted by Crippen LogP contribution is 2.16.